The van der Waals surface area contributed by atoms with E-state index >= 15 is 0 Å². The third-order valence-corrected chi connectivity index (χ3v) is 8.12. The van der Waals surface area contributed by atoms with Gasteiger partial charge in [-0.1, -0.05) is 50.3 Å². The minimum absolute atomic E-state index is 0.0850. The van der Waals surface area contributed by atoms with Gasteiger partial charge in [-0.05, 0) is 50.8 Å². The summed E-state index contributed by atoms with van der Waals surface area (Å²) < 4.78 is 23.8. The number of allylic oxidation sites excluding steroid dienone is 1. The summed E-state index contributed by atoms with van der Waals surface area (Å²) in [6.45, 7) is 12.8. The monoisotopic (exact) mass is 582 g/mol. The van der Waals surface area contributed by atoms with Gasteiger partial charge in [0.05, 0.1) is 11.5 Å². The molecule has 0 radical (unpaired) electrons. The molecule has 1 aromatic rings. The van der Waals surface area contributed by atoms with Crippen LogP contribution in [-0.4, -0.2) is 53.6 Å². The van der Waals surface area contributed by atoms with Crippen LogP contribution in [0.3, 0.4) is 0 Å². The molecule has 1 fully saturated rings. The second kappa shape index (κ2) is 13.0. The Kier molecular flexibility index (Phi) is 10.2. The van der Waals surface area contributed by atoms with Crippen LogP contribution in [0.5, 0.6) is 0 Å². The lowest BCUT2D eigenvalue weighted by Crippen LogP contribution is -2.55. The average molecular weight is 583 g/mol. The molecule has 0 saturated heterocycles. The Morgan fingerprint density at radius 3 is 2.07 bits per heavy atom. The summed E-state index contributed by atoms with van der Waals surface area (Å²) in [5.74, 6) is -4.12. The second-order valence-corrected chi connectivity index (χ2v) is 12.1. The Balaban J connectivity index is 2.29. The van der Waals surface area contributed by atoms with E-state index in [9.17, 15) is 24.0 Å². The number of rotatable bonds is 5. The molecule has 7 atom stereocenters. The molecule has 0 aromatic heterocycles. The van der Waals surface area contributed by atoms with Gasteiger partial charge in [-0.3, -0.25) is 19.2 Å². The van der Waals surface area contributed by atoms with E-state index < -0.39 is 65.0 Å². The van der Waals surface area contributed by atoms with E-state index in [1.165, 1.54) is 20.8 Å². The van der Waals surface area contributed by atoms with Crippen LogP contribution in [0.2, 0.25) is 0 Å². The van der Waals surface area contributed by atoms with Crippen LogP contribution in [0.1, 0.15) is 78.6 Å². The van der Waals surface area contributed by atoms with Crippen LogP contribution in [0, 0.1) is 23.2 Å². The van der Waals surface area contributed by atoms with Crippen molar-refractivity contribution in [3.8, 4) is 0 Å². The summed E-state index contributed by atoms with van der Waals surface area (Å²) in [5, 5.41) is 0. The highest BCUT2D eigenvalue weighted by Gasteiger charge is 2.62. The van der Waals surface area contributed by atoms with Crippen molar-refractivity contribution in [1.82, 2.24) is 0 Å². The SMILES string of the molecule is CC(=O)O[C@@H]1[C@H](C)/C=C/C(C)(C)C(=O)C[C@@H](OC(C)=O)C(C)=C[C@H]2[C@@H](OC(=O)c3ccccc3)[C@@H](C)C[C@]12OC(C)=O. The highest BCUT2D eigenvalue weighted by Crippen LogP contribution is 2.51. The van der Waals surface area contributed by atoms with E-state index in [1.54, 1.807) is 69.3 Å². The molecule has 2 aliphatic rings. The Labute approximate surface area is 247 Å². The lowest BCUT2D eigenvalue weighted by Gasteiger charge is -2.43. The van der Waals surface area contributed by atoms with Crippen molar-refractivity contribution >= 4 is 29.7 Å². The number of hydrogen-bond donors (Lipinski definition) is 0. The van der Waals surface area contributed by atoms with Crippen molar-refractivity contribution < 1.29 is 42.9 Å². The molecule has 1 aromatic carbocycles. The zero-order chi connectivity index (χ0) is 31.4. The fourth-order valence-electron chi connectivity index (χ4n) is 6.05. The van der Waals surface area contributed by atoms with Gasteiger partial charge in [-0.2, -0.15) is 0 Å². The standard InChI is InChI=1S/C33H42O9/c1-19-14-15-32(7,8)28(37)17-27(39-22(4)34)20(2)16-26-29(41-31(38)25-12-10-9-11-13-25)21(3)18-33(26,42-24(6)36)30(19)40-23(5)35/h9-16,19,21,26-27,29-30H,17-18H2,1-8H3/b15-14+,20-16?/t19-,21+,26+,27-,29+,30-,33-/m1/s1. The van der Waals surface area contributed by atoms with E-state index in [0.29, 0.717) is 11.1 Å². The Hall–Kier alpha value is -3.75. The highest BCUT2D eigenvalue weighted by molar-refractivity contribution is 5.89. The first kappa shape index (κ1) is 32.8. The predicted molar refractivity (Wildman–Crippen MR) is 154 cm³/mol. The molecular formula is C33H42O9. The van der Waals surface area contributed by atoms with Crippen molar-refractivity contribution in [1.29, 1.82) is 0 Å². The number of hydrogen-bond acceptors (Lipinski definition) is 9. The molecule has 0 amide bonds. The van der Waals surface area contributed by atoms with Gasteiger partial charge in [0.2, 0.25) is 0 Å². The topological polar surface area (TPSA) is 122 Å². The first-order chi connectivity index (χ1) is 19.6. The fourth-order valence-corrected chi connectivity index (χ4v) is 6.05. The number of ether oxygens (including phenoxy) is 4. The van der Waals surface area contributed by atoms with Crippen molar-refractivity contribution in [3.63, 3.8) is 0 Å². The third-order valence-electron chi connectivity index (χ3n) is 8.12. The van der Waals surface area contributed by atoms with Gasteiger partial charge >= 0.3 is 23.9 Å². The third kappa shape index (κ3) is 7.36. The van der Waals surface area contributed by atoms with Crippen LogP contribution in [0.4, 0.5) is 0 Å². The largest absolute Gasteiger partial charge is 0.458 e. The molecule has 228 valence electrons. The predicted octanol–water partition coefficient (Wildman–Crippen LogP) is 5.17. The maximum absolute atomic E-state index is 13.4. The van der Waals surface area contributed by atoms with Gasteiger partial charge in [0.15, 0.2) is 5.60 Å². The molecule has 0 N–H and O–H groups in total. The first-order valence-electron chi connectivity index (χ1n) is 14.3. The molecule has 0 unspecified atom stereocenters. The van der Waals surface area contributed by atoms with Crippen LogP contribution >= 0.6 is 0 Å². The van der Waals surface area contributed by atoms with Gasteiger partial charge in [0, 0.05) is 38.5 Å². The maximum Gasteiger partial charge on any atom is 0.338 e. The van der Waals surface area contributed by atoms with Gasteiger partial charge in [0.1, 0.15) is 24.1 Å². The van der Waals surface area contributed by atoms with Gasteiger partial charge in [-0.15, -0.1) is 0 Å². The zero-order valence-electron chi connectivity index (χ0n) is 25.7. The molecule has 9 heteroatoms. The summed E-state index contributed by atoms with van der Waals surface area (Å²) in [7, 11) is 0. The maximum atomic E-state index is 13.4. The molecule has 1 saturated carbocycles. The number of esters is 4. The van der Waals surface area contributed by atoms with Crippen LogP contribution in [0.15, 0.2) is 54.1 Å². The van der Waals surface area contributed by atoms with Crippen molar-refractivity contribution in [2.75, 3.05) is 0 Å². The van der Waals surface area contributed by atoms with E-state index in [0.717, 1.165) is 0 Å². The van der Waals surface area contributed by atoms with E-state index in [4.69, 9.17) is 18.9 Å². The molecule has 2 aliphatic carbocycles. The van der Waals surface area contributed by atoms with E-state index in [-0.39, 0.29) is 24.5 Å². The van der Waals surface area contributed by atoms with Gasteiger partial charge < -0.3 is 18.9 Å². The molecule has 3 rings (SSSR count). The number of fused-ring (bicyclic) bond motifs is 1. The van der Waals surface area contributed by atoms with Gasteiger partial charge in [0.25, 0.3) is 0 Å². The number of carbonyl (C=O) groups is 5. The van der Waals surface area contributed by atoms with E-state index in [1.807, 2.05) is 13.8 Å². The molecule has 0 heterocycles. The first-order valence-corrected chi connectivity index (χ1v) is 14.3. The minimum Gasteiger partial charge on any atom is -0.458 e. The Morgan fingerprint density at radius 2 is 1.50 bits per heavy atom. The van der Waals surface area contributed by atoms with Crippen molar-refractivity contribution in [2.24, 2.45) is 23.2 Å². The fraction of sp³-hybridized carbons (Fsp3) is 0.545. The molecule has 0 bridgehead atoms. The number of carbonyl (C=O) groups excluding carboxylic acids is 5. The van der Waals surface area contributed by atoms with Crippen molar-refractivity contribution in [3.05, 3.63) is 59.7 Å². The number of ketones is 1. The number of benzene rings is 1. The van der Waals surface area contributed by atoms with Crippen LogP contribution in [0.25, 0.3) is 0 Å². The highest BCUT2D eigenvalue weighted by atomic mass is 16.6. The smallest absolute Gasteiger partial charge is 0.338 e. The molecule has 0 aliphatic heterocycles. The Bertz CT molecular complexity index is 1260. The van der Waals surface area contributed by atoms with Crippen LogP contribution < -0.4 is 0 Å². The molecular weight excluding hydrogens is 540 g/mol. The summed E-state index contributed by atoms with van der Waals surface area (Å²) in [6, 6.07) is 8.52. The summed E-state index contributed by atoms with van der Waals surface area (Å²) in [5.41, 5.74) is -1.51. The minimum atomic E-state index is -1.45. The Morgan fingerprint density at radius 1 is 0.881 bits per heavy atom. The zero-order valence-corrected chi connectivity index (χ0v) is 25.7. The van der Waals surface area contributed by atoms with Crippen LogP contribution in [-0.2, 0) is 38.1 Å². The van der Waals surface area contributed by atoms with Crippen molar-refractivity contribution in [2.45, 2.75) is 92.1 Å². The molecule has 0 spiro atoms. The molecule has 42 heavy (non-hydrogen) atoms. The normalized spacial score (nSPS) is 31.7. The lowest BCUT2D eigenvalue weighted by molar-refractivity contribution is -0.195. The average Bonchev–Trinajstić information content (AvgIpc) is 3.14. The summed E-state index contributed by atoms with van der Waals surface area (Å²) in [4.78, 5) is 64.0. The summed E-state index contributed by atoms with van der Waals surface area (Å²) in [6.07, 6.45) is 2.67. The van der Waals surface area contributed by atoms with E-state index in [2.05, 4.69) is 0 Å². The quantitative estimate of drug-likeness (QED) is 0.263. The second-order valence-electron chi connectivity index (χ2n) is 12.1. The summed E-state index contributed by atoms with van der Waals surface area (Å²) >= 11 is 0. The number of Topliss-reactive ketones (excluding diaryl/α,β-unsaturated/α-hetero) is 1. The lowest BCUT2D eigenvalue weighted by atomic mass is 9.75. The molecule has 9 nitrogen and oxygen atoms in total. The van der Waals surface area contributed by atoms with Gasteiger partial charge in [-0.25, -0.2) is 4.79 Å².